The molecule has 4 heteroatoms. The van der Waals surface area contributed by atoms with Gasteiger partial charge in [-0.15, -0.1) is 0 Å². The monoisotopic (exact) mass is 269 g/mol. The average Bonchev–Trinajstić information content (AvgIpc) is 2.36. The summed E-state index contributed by atoms with van der Waals surface area (Å²) in [5.74, 6) is -1.87. The first kappa shape index (κ1) is 14.3. The van der Waals surface area contributed by atoms with E-state index < -0.39 is 11.5 Å². The van der Waals surface area contributed by atoms with E-state index in [-0.39, 0.29) is 12.8 Å². The van der Waals surface area contributed by atoms with Crippen molar-refractivity contribution < 1.29 is 13.5 Å². The Hall–Kier alpha value is -1.16. The van der Waals surface area contributed by atoms with E-state index in [1.165, 1.54) is 0 Å². The van der Waals surface area contributed by atoms with Crippen molar-refractivity contribution in [3.05, 3.63) is 28.8 Å². The molecule has 0 aromatic heterocycles. The van der Waals surface area contributed by atoms with E-state index >= 15 is 0 Å². The van der Waals surface area contributed by atoms with Crippen molar-refractivity contribution in [2.45, 2.75) is 51.0 Å². The highest BCUT2D eigenvalue weighted by Gasteiger charge is 2.43. The summed E-state index contributed by atoms with van der Waals surface area (Å²) in [6, 6.07) is 3.92. The van der Waals surface area contributed by atoms with Crippen molar-refractivity contribution >= 4 is 0 Å². The molecule has 106 valence electrons. The van der Waals surface area contributed by atoms with Gasteiger partial charge in [0.1, 0.15) is 5.75 Å². The molecular formula is C15H21F2NO. The van der Waals surface area contributed by atoms with Gasteiger partial charge < -0.3 is 10.5 Å². The van der Waals surface area contributed by atoms with Gasteiger partial charge in [0.05, 0.1) is 7.11 Å². The number of methoxy groups -OCH3 is 1. The molecule has 0 saturated heterocycles. The van der Waals surface area contributed by atoms with Crippen LogP contribution in [0.15, 0.2) is 12.1 Å². The smallest absolute Gasteiger partial charge is 0.248 e. The van der Waals surface area contributed by atoms with Gasteiger partial charge >= 0.3 is 0 Å². The van der Waals surface area contributed by atoms with E-state index in [9.17, 15) is 8.78 Å². The zero-order valence-electron chi connectivity index (χ0n) is 11.7. The minimum absolute atomic E-state index is 0.153. The third-order valence-corrected chi connectivity index (χ3v) is 4.23. The second-order valence-electron chi connectivity index (χ2n) is 5.65. The Kier molecular flexibility index (Phi) is 3.56. The number of hydrogen-bond donors (Lipinski definition) is 1. The van der Waals surface area contributed by atoms with Crippen LogP contribution in [-0.4, -0.2) is 13.0 Å². The quantitative estimate of drug-likeness (QED) is 0.889. The molecular weight excluding hydrogens is 248 g/mol. The molecule has 0 amide bonds. The van der Waals surface area contributed by atoms with Crippen LogP contribution < -0.4 is 10.5 Å². The molecule has 2 nitrogen and oxygen atoms in total. The molecule has 0 radical (unpaired) electrons. The standard InChI is InChI=1S/C15H21F2NO/c1-10-8-12(13(19-3)9-11(10)2)14(18)4-6-15(16,17)7-5-14/h8-9H,4-7,18H2,1-3H3. The maximum atomic E-state index is 13.3. The molecule has 0 aliphatic heterocycles. The lowest BCUT2D eigenvalue weighted by molar-refractivity contribution is -0.0516. The Labute approximate surface area is 112 Å². The van der Waals surface area contributed by atoms with Crippen LogP contribution in [0.5, 0.6) is 5.75 Å². The number of halogens is 2. The topological polar surface area (TPSA) is 35.2 Å². The van der Waals surface area contributed by atoms with Crippen LogP contribution in [0.1, 0.15) is 42.4 Å². The number of rotatable bonds is 2. The first-order valence-corrected chi connectivity index (χ1v) is 6.60. The minimum Gasteiger partial charge on any atom is -0.496 e. The molecule has 2 rings (SSSR count). The number of alkyl halides is 2. The van der Waals surface area contributed by atoms with Crippen LogP contribution >= 0.6 is 0 Å². The average molecular weight is 269 g/mol. The molecule has 2 N–H and O–H groups in total. The molecule has 1 aromatic carbocycles. The lowest BCUT2D eigenvalue weighted by Gasteiger charge is -2.38. The molecule has 0 spiro atoms. The summed E-state index contributed by atoms with van der Waals surface area (Å²) in [7, 11) is 1.59. The normalized spacial score (nSPS) is 21.2. The molecule has 1 saturated carbocycles. The van der Waals surface area contributed by atoms with E-state index in [0.717, 1.165) is 16.7 Å². The van der Waals surface area contributed by atoms with E-state index in [1.54, 1.807) is 7.11 Å². The van der Waals surface area contributed by atoms with Gasteiger partial charge in [-0.2, -0.15) is 0 Å². The third kappa shape index (κ3) is 2.73. The third-order valence-electron chi connectivity index (χ3n) is 4.23. The minimum atomic E-state index is -2.57. The predicted octanol–water partition coefficient (Wildman–Crippen LogP) is 3.68. The lowest BCUT2D eigenvalue weighted by Crippen LogP contribution is -2.43. The fraction of sp³-hybridized carbons (Fsp3) is 0.600. The van der Waals surface area contributed by atoms with E-state index in [0.29, 0.717) is 18.6 Å². The Morgan fingerprint density at radius 2 is 1.58 bits per heavy atom. The number of hydrogen-bond acceptors (Lipinski definition) is 2. The molecule has 0 atom stereocenters. The first-order chi connectivity index (χ1) is 8.77. The van der Waals surface area contributed by atoms with Crippen LogP contribution in [0.2, 0.25) is 0 Å². The molecule has 1 aliphatic carbocycles. The van der Waals surface area contributed by atoms with Gasteiger partial charge in [-0.25, -0.2) is 8.78 Å². The second kappa shape index (κ2) is 4.75. The van der Waals surface area contributed by atoms with Gasteiger partial charge in [0.25, 0.3) is 0 Å². The van der Waals surface area contributed by atoms with Crippen LogP contribution in [0.25, 0.3) is 0 Å². The second-order valence-corrected chi connectivity index (χ2v) is 5.65. The maximum absolute atomic E-state index is 13.3. The summed E-state index contributed by atoms with van der Waals surface area (Å²) in [5, 5.41) is 0. The fourth-order valence-corrected chi connectivity index (χ4v) is 2.68. The number of benzene rings is 1. The Bertz CT molecular complexity index is 475. The van der Waals surface area contributed by atoms with Gasteiger partial charge in [0.2, 0.25) is 5.92 Å². The van der Waals surface area contributed by atoms with Crippen molar-refractivity contribution in [1.82, 2.24) is 0 Å². The molecule has 0 heterocycles. The summed E-state index contributed by atoms with van der Waals surface area (Å²) in [6.45, 7) is 4.00. The summed E-state index contributed by atoms with van der Waals surface area (Å²) < 4.78 is 32.0. The summed E-state index contributed by atoms with van der Waals surface area (Å²) >= 11 is 0. The highest BCUT2D eigenvalue weighted by Crippen LogP contribution is 2.45. The van der Waals surface area contributed by atoms with E-state index in [1.807, 2.05) is 26.0 Å². The number of aryl methyl sites for hydroxylation is 2. The number of nitrogens with two attached hydrogens (primary N) is 1. The van der Waals surface area contributed by atoms with Crippen molar-refractivity contribution in [2.24, 2.45) is 5.73 Å². The predicted molar refractivity (Wildman–Crippen MR) is 71.7 cm³/mol. The van der Waals surface area contributed by atoms with Gasteiger partial charge in [0.15, 0.2) is 0 Å². The zero-order valence-corrected chi connectivity index (χ0v) is 11.7. The molecule has 1 fully saturated rings. The van der Waals surface area contributed by atoms with Gasteiger partial charge in [-0.05, 0) is 43.9 Å². The van der Waals surface area contributed by atoms with Gasteiger partial charge in [-0.3, -0.25) is 0 Å². The van der Waals surface area contributed by atoms with Gasteiger partial charge in [0, 0.05) is 23.9 Å². The van der Waals surface area contributed by atoms with Gasteiger partial charge in [-0.1, -0.05) is 6.07 Å². The largest absolute Gasteiger partial charge is 0.496 e. The van der Waals surface area contributed by atoms with Crippen LogP contribution in [0, 0.1) is 13.8 Å². The van der Waals surface area contributed by atoms with Crippen molar-refractivity contribution in [3.8, 4) is 5.75 Å². The van der Waals surface area contributed by atoms with Crippen LogP contribution in [0.4, 0.5) is 8.78 Å². The molecule has 0 unspecified atom stereocenters. The summed E-state index contributed by atoms with van der Waals surface area (Å²) in [6.07, 6.45) is 0.275. The SMILES string of the molecule is COc1cc(C)c(C)cc1C1(N)CCC(F)(F)CC1. The van der Waals surface area contributed by atoms with Crippen LogP contribution in [-0.2, 0) is 5.54 Å². The van der Waals surface area contributed by atoms with Crippen molar-refractivity contribution in [1.29, 1.82) is 0 Å². The van der Waals surface area contributed by atoms with E-state index in [4.69, 9.17) is 10.5 Å². The maximum Gasteiger partial charge on any atom is 0.248 e. The van der Waals surface area contributed by atoms with Crippen LogP contribution in [0.3, 0.4) is 0 Å². The van der Waals surface area contributed by atoms with Crippen molar-refractivity contribution in [2.75, 3.05) is 7.11 Å². The number of ether oxygens (including phenoxy) is 1. The summed E-state index contributed by atoms with van der Waals surface area (Å²) in [4.78, 5) is 0. The Balaban J connectivity index is 2.38. The summed E-state index contributed by atoms with van der Waals surface area (Å²) in [5.41, 5.74) is 8.76. The van der Waals surface area contributed by atoms with E-state index in [2.05, 4.69) is 0 Å². The Morgan fingerprint density at radius 3 is 2.11 bits per heavy atom. The molecule has 0 bridgehead atoms. The fourth-order valence-electron chi connectivity index (χ4n) is 2.68. The van der Waals surface area contributed by atoms with Crippen molar-refractivity contribution in [3.63, 3.8) is 0 Å². The highest BCUT2D eigenvalue weighted by atomic mass is 19.3. The Morgan fingerprint density at radius 1 is 1.05 bits per heavy atom. The molecule has 1 aromatic rings. The lowest BCUT2D eigenvalue weighted by atomic mass is 9.75. The molecule has 19 heavy (non-hydrogen) atoms. The molecule has 1 aliphatic rings. The zero-order chi connectivity index (χ0) is 14.3. The highest BCUT2D eigenvalue weighted by molar-refractivity contribution is 5.45. The first-order valence-electron chi connectivity index (χ1n) is 6.60.